The minimum atomic E-state index is -0.114. The van der Waals surface area contributed by atoms with Crippen molar-refractivity contribution in [1.82, 2.24) is 9.97 Å². The van der Waals surface area contributed by atoms with Crippen molar-refractivity contribution in [2.24, 2.45) is 0 Å². The van der Waals surface area contributed by atoms with Gasteiger partial charge in [0.05, 0.1) is 17.8 Å². The topological polar surface area (TPSA) is 80.9 Å². The highest BCUT2D eigenvalue weighted by molar-refractivity contribution is 7.15. The first-order valence-corrected chi connectivity index (χ1v) is 7.24. The summed E-state index contributed by atoms with van der Waals surface area (Å²) in [7, 11) is 0. The first-order chi connectivity index (χ1) is 8.58. The van der Waals surface area contributed by atoms with Crippen LogP contribution < -0.4 is 11.1 Å². The maximum Gasteiger partial charge on any atom is 0.232 e. The largest absolute Gasteiger partial charge is 0.375 e. The molecule has 0 spiro atoms. The number of amides is 1. The molecule has 2 rings (SSSR count). The third kappa shape index (κ3) is 3.05. The molecule has 0 bridgehead atoms. The number of aromatic nitrogens is 2. The molecule has 0 unspecified atom stereocenters. The zero-order valence-electron chi connectivity index (χ0n) is 10.2. The molecule has 18 heavy (non-hydrogen) atoms. The molecule has 0 radical (unpaired) electrons. The van der Waals surface area contributed by atoms with Crippen LogP contribution in [0.4, 0.5) is 10.3 Å². The van der Waals surface area contributed by atoms with E-state index in [4.69, 9.17) is 5.73 Å². The maximum atomic E-state index is 11.8. The molecular formula is C11H14N4OS2. The maximum absolute atomic E-state index is 11.8. The van der Waals surface area contributed by atoms with Gasteiger partial charge in [0.2, 0.25) is 5.91 Å². The molecule has 0 saturated heterocycles. The average Bonchev–Trinajstić information content (AvgIpc) is 2.85. The lowest BCUT2D eigenvalue weighted by atomic mass is 10.3. The Morgan fingerprint density at radius 3 is 2.83 bits per heavy atom. The van der Waals surface area contributed by atoms with Crippen molar-refractivity contribution >= 4 is 38.8 Å². The molecule has 0 saturated carbocycles. The second kappa shape index (κ2) is 5.45. The van der Waals surface area contributed by atoms with E-state index in [0.29, 0.717) is 16.0 Å². The number of nitrogens with zero attached hydrogens (tertiary/aromatic N) is 2. The van der Waals surface area contributed by atoms with E-state index in [1.54, 1.807) is 5.38 Å². The van der Waals surface area contributed by atoms with E-state index in [0.717, 1.165) is 17.0 Å². The molecule has 2 aromatic rings. The normalized spacial score (nSPS) is 10.6. The van der Waals surface area contributed by atoms with Crippen LogP contribution in [0.1, 0.15) is 23.2 Å². The Morgan fingerprint density at radius 1 is 1.50 bits per heavy atom. The number of hydrogen-bond donors (Lipinski definition) is 2. The van der Waals surface area contributed by atoms with Gasteiger partial charge in [-0.25, -0.2) is 9.97 Å². The van der Waals surface area contributed by atoms with Gasteiger partial charge in [-0.2, -0.15) is 0 Å². The summed E-state index contributed by atoms with van der Waals surface area (Å²) in [5.41, 5.74) is 7.24. The molecule has 0 aliphatic heterocycles. The number of carbonyl (C=O) groups excluding carboxylic acids is 1. The average molecular weight is 282 g/mol. The number of hydrogen-bond acceptors (Lipinski definition) is 6. The van der Waals surface area contributed by atoms with E-state index in [-0.39, 0.29) is 12.3 Å². The number of aryl methyl sites for hydroxylation is 2. The summed E-state index contributed by atoms with van der Waals surface area (Å²) in [5, 5.41) is 5.71. The van der Waals surface area contributed by atoms with E-state index in [9.17, 15) is 4.79 Å². The highest BCUT2D eigenvalue weighted by Crippen LogP contribution is 2.22. The molecule has 0 atom stereocenters. The lowest BCUT2D eigenvalue weighted by Crippen LogP contribution is -2.14. The monoisotopic (exact) mass is 282 g/mol. The van der Waals surface area contributed by atoms with Gasteiger partial charge < -0.3 is 11.1 Å². The van der Waals surface area contributed by atoms with Gasteiger partial charge in [0.1, 0.15) is 0 Å². The van der Waals surface area contributed by atoms with Crippen molar-refractivity contribution in [3.63, 3.8) is 0 Å². The molecule has 96 valence electrons. The van der Waals surface area contributed by atoms with E-state index in [1.807, 2.05) is 13.8 Å². The van der Waals surface area contributed by atoms with Crippen LogP contribution >= 0.6 is 22.7 Å². The highest BCUT2D eigenvalue weighted by Gasteiger charge is 2.11. The number of nitrogen functional groups attached to an aromatic ring is 1. The van der Waals surface area contributed by atoms with E-state index in [2.05, 4.69) is 15.3 Å². The van der Waals surface area contributed by atoms with Crippen LogP contribution in [-0.4, -0.2) is 15.9 Å². The quantitative estimate of drug-likeness (QED) is 0.901. The summed E-state index contributed by atoms with van der Waals surface area (Å²) >= 11 is 2.83. The Balaban J connectivity index is 1.98. The summed E-state index contributed by atoms with van der Waals surface area (Å²) in [6.45, 7) is 4.05. The lowest BCUT2D eigenvalue weighted by molar-refractivity contribution is -0.115. The van der Waals surface area contributed by atoms with Gasteiger partial charge >= 0.3 is 0 Å². The SMILES string of the molecule is CCc1nc(NC(=O)Cc2csc(N)n2)sc1C. The Labute approximate surface area is 113 Å². The van der Waals surface area contributed by atoms with Crippen LogP contribution in [0, 0.1) is 6.92 Å². The van der Waals surface area contributed by atoms with Crippen molar-refractivity contribution in [2.45, 2.75) is 26.7 Å². The molecule has 0 aromatic carbocycles. The van der Waals surface area contributed by atoms with Crippen LogP contribution in [0.2, 0.25) is 0 Å². The molecular weight excluding hydrogens is 268 g/mol. The third-order valence-corrected chi connectivity index (χ3v) is 4.04. The zero-order chi connectivity index (χ0) is 13.1. The molecule has 2 aromatic heterocycles. The van der Waals surface area contributed by atoms with E-state index < -0.39 is 0 Å². The fourth-order valence-corrected chi connectivity index (χ4v) is 3.02. The molecule has 3 N–H and O–H groups in total. The first-order valence-electron chi connectivity index (χ1n) is 5.54. The van der Waals surface area contributed by atoms with Crippen LogP contribution in [0.5, 0.6) is 0 Å². The van der Waals surface area contributed by atoms with E-state index in [1.165, 1.54) is 22.7 Å². The molecule has 5 nitrogen and oxygen atoms in total. The van der Waals surface area contributed by atoms with Crippen molar-refractivity contribution in [1.29, 1.82) is 0 Å². The van der Waals surface area contributed by atoms with Crippen LogP contribution in [0.3, 0.4) is 0 Å². The Morgan fingerprint density at radius 2 is 2.28 bits per heavy atom. The van der Waals surface area contributed by atoms with Gasteiger partial charge in [0, 0.05) is 10.3 Å². The Kier molecular flexibility index (Phi) is 3.93. The summed E-state index contributed by atoms with van der Waals surface area (Å²) in [6, 6.07) is 0. The smallest absolute Gasteiger partial charge is 0.232 e. The second-order valence-electron chi connectivity index (χ2n) is 3.78. The van der Waals surface area contributed by atoms with Gasteiger partial charge in [0.25, 0.3) is 0 Å². The number of carbonyl (C=O) groups is 1. The molecule has 7 heteroatoms. The second-order valence-corrected chi connectivity index (χ2v) is 5.87. The number of nitrogens with two attached hydrogens (primary N) is 1. The number of rotatable bonds is 4. The predicted molar refractivity (Wildman–Crippen MR) is 75.1 cm³/mol. The molecule has 0 fully saturated rings. The number of nitrogens with one attached hydrogen (secondary N) is 1. The van der Waals surface area contributed by atoms with Gasteiger partial charge in [0.15, 0.2) is 10.3 Å². The molecule has 2 heterocycles. The van der Waals surface area contributed by atoms with Crippen LogP contribution in [0.15, 0.2) is 5.38 Å². The number of anilines is 2. The molecule has 1 amide bonds. The summed E-state index contributed by atoms with van der Waals surface area (Å²) < 4.78 is 0. The van der Waals surface area contributed by atoms with Gasteiger partial charge in [-0.3, -0.25) is 4.79 Å². The number of thiazole rings is 2. The van der Waals surface area contributed by atoms with E-state index >= 15 is 0 Å². The predicted octanol–water partition coefficient (Wildman–Crippen LogP) is 2.23. The Bertz CT molecular complexity index is 561. The zero-order valence-corrected chi connectivity index (χ0v) is 11.8. The Hall–Kier alpha value is -1.47. The lowest BCUT2D eigenvalue weighted by Gasteiger charge is -1.98. The molecule has 0 aliphatic carbocycles. The summed E-state index contributed by atoms with van der Waals surface area (Å²) in [4.78, 5) is 21.3. The van der Waals surface area contributed by atoms with Crippen molar-refractivity contribution < 1.29 is 4.79 Å². The van der Waals surface area contributed by atoms with Crippen LogP contribution in [0.25, 0.3) is 0 Å². The highest BCUT2D eigenvalue weighted by atomic mass is 32.1. The first kappa shape index (κ1) is 13.0. The third-order valence-electron chi connectivity index (χ3n) is 2.39. The van der Waals surface area contributed by atoms with Crippen LogP contribution in [-0.2, 0) is 17.6 Å². The van der Waals surface area contributed by atoms with Crippen molar-refractivity contribution in [2.75, 3.05) is 11.1 Å². The summed E-state index contributed by atoms with van der Waals surface area (Å²) in [5.74, 6) is -0.114. The minimum absolute atomic E-state index is 0.114. The van der Waals surface area contributed by atoms with Crippen molar-refractivity contribution in [3.05, 3.63) is 21.6 Å². The standard InChI is InChI=1S/C11H14N4OS2/c1-3-8-6(2)18-11(14-8)15-9(16)4-7-5-17-10(12)13-7/h5H,3-4H2,1-2H3,(H2,12,13)(H,14,15,16). The van der Waals surface area contributed by atoms with Gasteiger partial charge in [-0.05, 0) is 13.3 Å². The van der Waals surface area contributed by atoms with Crippen molar-refractivity contribution in [3.8, 4) is 0 Å². The summed E-state index contributed by atoms with van der Waals surface area (Å²) in [6.07, 6.45) is 1.11. The minimum Gasteiger partial charge on any atom is -0.375 e. The van der Waals surface area contributed by atoms with Gasteiger partial charge in [-0.15, -0.1) is 22.7 Å². The molecule has 0 aliphatic rings. The van der Waals surface area contributed by atoms with Gasteiger partial charge in [-0.1, -0.05) is 6.92 Å². The fourth-order valence-electron chi connectivity index (χ4n) is 1.54. The fraction of sp³-hybridized carbons (Fsp3) is 0.364.